The van der Waals surface area contributed by atoms with Crippen molar-refractivity contribution in [2.24, 2.45) is 5.92 Å². The summed E-state index contributed by atoms with van der Waals surface area (Å²) in [6.07, 6.45) is 5.77. The smallest absolute Gasteiger partial charge is 0.262 e. The van der Waals surface area contributed by atoms with Crippen LogP contribution in [-0.4, -0.2) is 26.8 Å². The molecule has 1 aromatic carbocycles. The van der Waals surface area contributed by atoms with E-state index in [9.17, 15) is 9.59 Å². The molecule has 1 aliphatic rings. The van der Waals surface area contributed by atoms with Crippen LogP contribution in [0, 0.1) is 5.92 Å². The number of amides is 1. The molecule has 6 heteroatoms. The van der Waals surface area contributed by atoms with Crippen molar-refractivity contribution in [3.05, 3.63) is 34.6 Å². The maximum Gasteiger partial charge on any atom is 0.262 e. The van der Waals surface area contributed by atoms with Gasteiger partial charge < -0.3 is 5.32 Å². The summed E-state index contributed by atoms with van der Waals surface area (Å²) in [5.41, 5.74) is 0.654. The zero-order chi connectivity index (χ0) is 19.4. The fourth-order valence-electron chi connectivity index (χ4n) is 3.54. The number of hydrogen-bond acceptors (Lipinski definition) is 4. The van der Waals surface area contributed by atoms with E-state index >= 15 is 0 Å². The van der Waals surface area contributed by atoms with E-state index in [4.69, 9.17) is 4.98 Å². The minimum absolute atomic E-state index is 0.0308. The largest absolute Gasteiger partial charge is 0.352 e. The lowest BCUT2D eigenvalue weighted by Crippen LogP contribution is -2.40. The number of fused-ring (bicyclic) bond motifs is 1. The zero-order valence-electron chi connectivity index (χ0n) is 16.4. The van der Waals surface area contributed by atoms with Gasteiger partial charge in [0.25, 0.3) is 5.56 Å². The highest BCUT2D eigenvalue weighted by Crippen LogP contribution is 2.24. The van der Waals surface area contributed by atoms with Crippen molar-refractivity contribution in [1.82, 2.24) is 14.9 Å². The van der Waals surface area contributed by atoms with E-state index in [0.717, 1.165) is 12.8 Å². The summed E-state index contributed by atoms with van der Waals surface area (Å²) < 4.78 is 1.72. The van der Waals surface area contributed by atoms with E-state index in [1.165, 1.54) is 31.0 Å². The van der Waals surface area contributed by atoms with Crippen LogP contribution in [0.2, 0.25) is 0 Å². The summed E-state index contributed by atoms with van der Waals surface area (Å²) >= 11 is 1.38. The van der Waals surface area contributed by atoms with Crippen molar-refractivity contribution in [1.29, 1.82) is 0 Å². The number of rotatable bonds is 6. The Morgan fingerprint density at radius 1 is 1.22 bits per heavy atom. The van der Waals surface area contributed by atoms with Gasteiger partial charge in [0, 0.05) is 12.6 Å². The maximum absolute atomic E-state index is 13.0. The van der Waals surface area contributed by atoms with Gasteiger partial charge in [-0.2, -0.15) is 0 Å². The number of hydrogen-bond donors (Lipinski definition) is 1. The first kappa shape index (κ1) is 19.9. The van der Waals surface area contributed by atoms with Crippen LogP contribution in [-0.2, 0) is 11.3 Å². The van der Waals surface area contributed by atoms with E-state index < -0.39 is 0 Å². The Morgan fingerprint density at radius 2 is 1.93 bits per heavy atom. The lowest BCUT2D eigenvalue weighted by Gasteiger charge is -2.24. The van der Waals surface area contributed by atoms with Crippen LogP contribution in [0.1, 0.15) is 52.9 Å². The van der Waals surface area contributed by atoms with Crippen LogP contribution >= 0.6 is 11.8 Å². The van der Waals surface area contributed by atoms with Gasteiger partial charge in [0.1, 0.15) is 0 Å². The van der Waals surface area contributed by atoms with E-state index in [1.807, 2.05) is 31.2 Å². The van der Waals surface area contributed by atoms with Crippen molar-refractivity contribution in [2.75, 3.05) is 0 Å². The molecule has 0 radical (unpaired) electrons. The zero-order valence-corrected chi connectivity index (χ0v) is 17.2. The number of para-hydroxylation sites is 1. The minimum atomic E-state index is -0.293. The third kappa shape index (κ3) is 4.92. The quantitative estimate of drug-likeness (QED) is 0.601. The first-order valence-electron chi connectivity index (χ1n) is 9.92. The summed E-state index contributed by atoms with van der Waals surface area (Å²) in [6.45, 7) is 6.64. The Hall–Kier alpha value is -1.82. The molecule has 1 aromatic heterocycles. The van der Waals surface area contributed by atoms with Gasteiger partial charge in [0.2, 0.25) is 5.91 Å². The molecule has 1 unspecified atom stereocenters. The highest BCUT2D eigenvalue weighted by Gasteiger charge is 2.23. The Labute approximate surface area is 164 Å². The van der Waals surface area contributed by atoms with Gasteiger partial charge >= 0.3 is 0 Å². The fourth-order valence-corrected chi connectivity index (χ4v) is 4.47. The first-order chi connectivity index (χ1) is 13.0. The second kappa shape index (κ2) is 8.91. The number of nitrogens with one attached hydrogen (secondary N) is 1. The molecule has 1 fully saturated rings. The van der Waals surface area contributed by atoms with Crippen molar-refractivity contribution in [2.45, 2.75) is 75.9 Å². The fraction of sp³-hybridized carbons (Fsp3) is 0.571. The standard InChI is InChI=1S/C21H29N3O2S/c1-14(2)13-24-20(26)17-11-7-8-12-18(17)23-21(24)27-15(3)19(25)22-16-9-5-4-6-10-16/h7-8,11-12,14-16H,4-6,9-10,13H2,1-3H3,(H,22,25). The Kier molecular flexibility index (Phi) is 6.58. The molecule has 0 aliphatic heterocycles. The Morgan fingerprint density at radius 3 is 2.63 bits per heavy atom. The first-order valence-corrected chi connectivity index (χ1v) is 10.8. The number of nitrogens with zero attached hydrogens (tertiary/aromatic N) is 2. The van der Waals surface area contributed by atoms with Gasteiger partial charge in [-0.1, -0.05) is 57.0 Å². The van der Waals surface area contributed by atoms with Crippen molar-refractivity contribution in [3.63, 3.8) is 0 Å². The van der Waals surface area contributed by atoms with E-state index in [-0.39, 0.29) is 22.8 Å². The Balaban J connectivity index is 1.83. The molecular formula is C21H29N3O2S. The number of carbonyl (C=O) groups excluding carboxylic acids is 1. The third-order valence-corrected chi connectivity index (χ3v) is 6.07. The molecule has 0 spiro atoms. The SMILES string of the molecule is CC(C)Cn1c(SC(C)C(=O)NC2CCCCC2)nc2ccccc2c1=O. The Bertz CT molecular complexity index is 856. The molecule has 1 atom stereocenters. The summed E-state index contributed by atoms with van der Waals surface area (Å²) in [6, 6.07) is 7.70. The molecule has 0 saturated heterocycles. The molecule has 0 bridgehead atoms. The van der Waals surface area contributed by atoms with Crippen LogP contribution in [0.15, 0.2) is 34.2 Å². The predicted octanol–water partition coefficient (Wildman–Crippen LogP) is 3.98. The van der Waals surface area contributed by atoms with Gasteiger partial charge in [-0.3, -0.25) is 14.2 Å². The summed E-state index contributed by atoms with van der Waals surface area (Å²) in [4.78, 5) is 30.3. The molecule has 3 rings (SSSR count). The molecule has 1 N–H and O–H groups in total. The monoisotopic (exact) mass is 387 g/mol. The van der Waals surface area contributed by atoms with Crippen LogP contribution in [0.4, 0.5) is 0 Å². The summed E-state index contributed by atoms with van der Waals surface area (Å²) in [7, 11) is 0. The van der Waals surface area contributed by atoms with Gasteiger partial charge in [-0.25, -0.2) is 4.98 Å². The van der Waals surface area contributed by atoms with Gasteiger partial charge in [0.15, 0.2) is 5.16 Å². The molecule has 1 heterocycles. The minimum Gasteiger partial charge on any atom is -0.352 e. The number of thioether (sulfide) groups is 1. The lowest BCUT2D eigenvalue weighted by atomic mass is 9.95. The third-order valence-electron chi connectivity index (χ3n) is 4.98. The van der Waals surface area contributed by atoms with Crippen molar-refractivity contribution >= 4 is 28.6 Å². The van der Waals surface area contributed by atoms with Crippen LogP contribution in [0.5, 0.6) is 0 Å². The average Bonchev–Trinajstić information content (AvgIpc) is 2.65. The average molecular weight is 388 g/mol. The van der Waals surface area contributed by atoms with Gasteiger partial charge in [-0.15, -0.1) is 0 Å². The number of aromatic nitrogens is 2. The van der Waals surface area contributed by atoms with Crippen molar-refractivity contribution in [3.8, 4) is 0 Å². The molecule has 1 saturated carbocycles. The number of carbonyl (C=O) groups is 1. The van der Waals surface area contributed by atoms with Crippen molar-refractivity contribution < 1.29 is 4.79 Å². The summed E-state index contributed by atoms with van der Waals surface area (Å²) in [5, 5.41) is 4.13. The second-order valence-electron chi connectivity index (χ2n) is 7.82. The normalized spacial score (nSPS) is 16.6. The van der Waals surface area contributed by atoms with E-state index in [0.29, 0.717) is 28.5 Å². The topological polar surface area (TPSA) is 64.0 Å². The summed E-state index contributed by atoms with van der Waals surface area (Å²) in [5.74, 6) is 0.349. The highest BCUT2D eigenvalue weighted by atomic mass is 32.2. The predicted molar refractivity (Wildman–Crippen MR) is 111 cm³/mol. The second-order valence-corrected chi connectivity index (χ2v) is 9.13. The van der Waals surface area contributed by atoms with Crippen LogP contribution in [0.25, 0.3) is 10.9 Å². The van der Waals surface area contributed by atoms with E-state index in [2.05, 4.69) is 19.2 Å². The van der Waals surface area contributed by atoms with Gasteiger partial charge in [-0.05, 0) is 37.8 Å². The molecular weight excluding hydrogens is 358 g/mol. The molecule has 1 aliphatic carbocycles. The van der Waals surface area contributed by atoms with Crippen LogP contribution in [0.3, 0.4) is 0 Å². The van der Waals surface area contributed by atoms with Gasteiger partial charge in [0.05, 0.1) is 16.2 Å². The molecule has 1 amide bonds. The molecule has 146 valence electrons. The van der Waals surface area contributed by atoms with Crippen LogP contribution < -0.4 is 10.9 Å². The number of benzene rings is 1. The maximum atomic E-state index is 13.0. The van der Waals surface area contributed by atoms with E-state index in [1.54, 1.807) is 4.57 Å². The highest BCUT2D eigenvalue weighted by molar-refractivity contribution is 8.00. The molecule has 5 nitrogen and oxygen atoms in total. The molecule has 2 aromatic rings. The lowest BCUT2D eigenvalue weighted by molar-refractivity contribution is -0.121. The molecule has 27 heavy (non-hydrogen) atoms.